The van der Waals surface area contributed by atoms with E-state index in [0.717, 1.165) is 34.2 Å². The molecule has 0 aliphatic rings. The fraction of sp³-hybridized carbons (Fsp3) is 0.348. The molecule has 1 aromatic heterocycles. The highest BCUT2D eigenvalue weighted by molar-refractivity contribution is 7.99. The second-order valence-corrected chi connectivity index (χ2v) is 8.33. The number of carbonyl (C=O) groups excluding carboxylic acids is 1. The minimum Gasteiger partial charge on any atom is -0.349 e. The summed E-state index contributed by atoms with van der Waals surface area (Å²) in [7, 11) is 0. The molecule has 2 aromatic carbocycles. The summed E-state index contributed by atoms with van der Waals surface area (Å²) in [4.78, 5) is 12.6. The summed E-state index contributed by atoms with van der Waals surface area (Å²) in [6, 6.07) is 14.6. The second kappa shape index (κ2) is 9.27. The molecule has 0 spiro atoms. The Morgan fingerprint density at radius 2 is 1.72 bits per heavy atom. The van der Waals surface area contributed by atoms with Gasteiger partial charge in [0.2, 0.25) is 5.91 Å². The molecule has 3 aromatic rings. The van der Waals surface area contributed by atoms with Gasteiger partial charge in [-0.3, -0.25) is 9.36 Å². The Morgan fingerprint density at radius 1 is 1.03 bits per heavy atom. The van der Waals surface area contributed by atoms with Gasteiger partial charge in [0.15, 0.2) is 5.16 Å². The number of aromatic nitrogens is 3. The first-order valence-corrected chi connectivity index (χ1v) is 10.9. The number of carbonyl (C=O) groups is 1. The summed E-state index contributed by atoms with van der Waals surface area (Å²) in [6.07, 6.45) is 0.844. The van der Waals surface area contributed by atoms with Crippen LogP contribution in [0, 0.1) is 27.7 Å². The van der Waals surface area contributed by atoms with Crippen molar-refractivity contribution >= 4 is 17.7 Å². The van der Waals surface area contributed by atoms with Gasteiger partial charge in [0.25, 0.3) is 0 Å². The third-order valence-corrected chi connectivity index (χ3v) is 5.89. The van der Waals surface area contributed by atoms with Crippen molar-refractivity contribution in [1.82, 2.24) is 20.1 Å². The van der Waals surface area contributed by atoms with Crippen LogP contribution in [0.15, 0.2) is 47.6 Å². The fourth-order valence-corrected chi connectivity index (χ4v) is 4.06. The van der Waals surface area contributed by atoms with Crippen LogP contribution in [0.4, 0.5) is 0 Å². The number of nitrogens with one attached hydrogen (secondary N) is 1. The molecule has 0 aliphatic heterocycles. The van der Waals surface area contributed by atoms with Crippen molar-refractivity contribution in [2.24, 2.45) is 0 Å². The lowest BCUT2D eigenvalue weighted by Crippen LogP contribution is -2.29. The SMILES string of the molecule is CCC(NC(=O)CSc1nnc(C)n1-c1cc(C)ccc1C)c1ccc(C)cc1. The predicted molar refractivity (Wildman–Crippen MR) is 119 cm³/mol. The minimum absolute atomic E-state index is 0.00408. The highest BCUT2D eigenvalue weighted by atomic mass is 32.2. The Labute approximate surface area is 176 Å². The monoisotopic (exact) mass is 408 g/mol. The number of hydrogen-bond acceptors (Lipinski definition) is 4. The molecule has 1 N–H and O–H groups in total. The maximum atomic E-state index is 12.6. The van der Waals surface area contributed by atoms with Crippen LogP contribution in [0.2, 0.25) is 0 Å². The number of thioether (sulfide) groups is 1. The Balaban J connectivity index is 1.71. The van der Waals surface area contributed by atoms with E-state index < -0.39 is 0 Å². The zero-order chi connectivity index (χ0) is 21.0. The van der Waals surface area contributed by atoms with Crippen LogP contribution in [0.1, 0.15) is 47.5 Å². The second-order valence-electron chi connectivity index (χ2n) is 7.38. The van der Waals surface area contributed by atoms with Crippen molar-refractivity contribution in [2.45, 2.75) is 52.2 Å². The molecule has 1 amide bonds. The zero-order valence-corrected chi connectivity index (χ0v) is 18.5. The van der Waals surface area contributed by atoms with Crippen molar-refractivity contribution in [1.29, 1.82) is 0 Å². The van der Waals surface area contributed by atoms with E-state index in [4.69, 9.17) is 0 Å². The quantitative estimate of drug-likeness (QED) is 0.567. The summed E-state index contributed by atoms with van der Waals surface area (Å²) in [5.74, 6) is 1.11. The van der Waals surface area contributed by atoms with Gasteiger partial charge in [-0.25, -0.2) is 0 Å². The summed E-state index contributed by atoms with van der Waals surface area (Å²) >= 11 is 1.41. The molecule has 6 heteroatoms. The van der Waals surface area contributed by atoms with Gasteiger partial charge in [-0.05, 0) is 56.9 Å². The van der Waals surface area contributed by atoms with Crippen LogP contribution in [-0.4, -0.2) is 26.4 Å². The third kappa shape index (κ3) is 5.07. The van der Waals surface area contributed by atoms with E-state index in [1.807, 2.05) is 11.5 Å². The molecule has 3 rings (SSSR count). The summed E-state index contributed by atoms with van der Waals surface area (Å²) in [6.45, 7) is 10.2. The largest absolute Gasteiger partial charge is 0.349 e. The van der Waals surface area contributed by atoms with Crippen molar-refractivity contribution in [2.75, 3.05) is 5.75 Å². The fourth-order valence-electron chi connectivity index (χ4n) is 3.26. The van der Waals surface area contributed by atoms with Gasteiger partial charge < -0.3 is 5.32 Å². The number of rotatable bonds is 7. The maximum absolute atomic E-state index is 12.6. The Bertz CT molecular complexity index is 995. The highest BCUT2D eigenvalue weighted by Gasteiger charge is 2.17. The first-order chi connectivity index (χ1) is 13.9. The Kier molecular flexibility index (Phi) is 6.75. The van der Waals surface area contributed by atoms with E-state index in [1.165, 1.54) is 22.9 Å². The molecule has 1 atom stereocenters. The van der Waals surface area contributed by atoms with Gasteiger partial charge in [-0.15, -0.1) is 10.2 Å². The van der Waals surface area contributed by atoms with Gasteiger partial charge in [0.05, 0.1) is 17.5 Å². The molecule has 152 valence electrons. The van der Waals surface area contributed by atoms with Gasteiger partial charge in [-0.2, -0.15) is 0 Å². The molecule has 0 aliphatic carbocycles. The summed E-state index contributed by atoms with van der Waals surface area (Å²) < 4.78 is 2.03. The summed E-state index contributed by atoms with van der Waals surface area (Å²) in [5, 5.41) is 12.4. The summed E-state index contributed by atoms with van der Waals surface area (Å²) in [5.41, 5.74) is 5.73. The predicted octanol–water partition coefficient (Wildman–Crippen LogP) is 4.86. The Hall–Kier alpha value is -2.60. The van der Waals surface area contributed by atoms with Gasteiger partial charge >= 0.3 is 0 Å². The van der Waals surface area contributed by atoms with Crippen molar-refractivity contribution in [3.05, 3.63) is 70.5 Å². The molecule has 1 heterocycles. The minimum atomic E-state index is -0.00408. The van der Waals surface area contributed by atoms with Crippen LogP contribution in [-0.2, 0) is 4.79 Å². The Morgan fingerprint density at radius 3 is 2.41 bits per heavy atom. The number of aryl methyl sites for hydroxylation is 4. The van der Waals surface area contributed by atoms with Crippen molar-refractivity contribution in [3.63, 3.8) is 0 Å². The first kappa shape index (κ1) is 21.1. The standard InChI is InChI=1S/C23H28N4OS/c1-6-20(19-11-8-15(2)9-12-19)24-22(28)14-29-23-26-25-18(5)27(23)21-13-16(3)7-10-17(21)4/h7-13,20H,6,14H2,1-5H3,(H,24,28). The van der Waals surface area contributed by atoms with Gasteiger partial charge in [0.1, 0.15) is 5.82 Å². The number of nitrogens with zero attached hydrogens (tertiary/aromatic N) is 3. The van der Waals surface area contributed by atoms with Crippen molar-refractivity contribution in [3.8, 4) is 5.69 Å². The van der Waals surface area contributed by atoms with Gasteiger partial charge in [-0.1, -0.05) is 60.6 Å². The molecule has 1 unspecified atom stereocenters. The molecule has 29 heavy (non-hydrogen) atoms. The van der Waals surface area contributed by atoms with Crippen molar-refractivity contribution < 1.29 is 4.79 Å². The van der Waals surface area contributed by atoms with E-state index in [2.05, 4.69) is 85.7 Å². The van der Waals surface area contributed by atoms with Gasteiger partial charge in [0, 0.05) is 0 Å². The van der Waals surface area contributed by atoms with Crippen LogP contribution < -0.4 is 5.32 Å². The topological polar surface area (TPSA) is 59.8 Å². The van der Waals surface area contributed by atoms with Crippen LogP contribution in [0.5, 0.6) is 0 Å². The molecule has 0 saturated heterocycles. The first-order valence-electron chi connectivity index (χ1n) is 9.87. The number of amides is 1. The molecule has 5 nitrogen and oxygen atoms in total. The van der Waals surface area contributed by atoms with E-state index in [9.17, 15) is 4.79 Å². The molecular formula is C23H28N4OS. The molecular weight excluding hydrogens is 380 g/mol. The number of hydrogen-bond donors (Lipinski definition) is 1. The van der Waals surface area contributed by atoms with Crippen LogP contribution in [0.3, 0.4) is 0 Å². The lowest BCUT2D eigenvalue weighted by molar-refractivity contribution is -0.119. The molecule has 0 fully saturated rings. The normalized spacial score (nSPS) is 12.0. The van der Waals surface area contributed by atoms with Crippen LogP contribution in [0.25, 0.3) is 5.69 Å². The van der Waals surface area contributed by atoms with E-state index in [-0.39, 0.29) is 11.9 Å². The molecule has 0 radical (unpaired) electrons. The smallest absolute Gasteiger partial charge is 0.230 e. The molecule has 0 saturated carbocycles. The van der Waals surface area contributed by atoms with E-state index >= 15 is 0 Å². The average Bonchev–Trinajstić information content (AvgIpc) is 3.07. The number of benzene rings is 2. The molecule has 0 bridgehead atoms. The highest BCUT2D eigenvalue weighted by Crippen LogP contribution is 2.25. The van der Waals surface area contributed by atoms with Crippen LogP contribution >= 0.6 is 11.8 Å². The lowest BCUT2D eigenvalue weighted by atomic mass is 10.0. The lowest BCUT2D eigenvalue weighted by Gasteiger charge is -2.18. The average molecular weight is 409 g/mol. The zero-order valence-electron chi connectivity index (χ0n) is 17.7. The van der Waals surface area contributed by atoms with E-state index in [1.54, 1.807) is 0 Å². The maximum Gasteiger partial charge on any atom is 0.230 e. The van der Waals surface area contributed by atoms with E-state index in [0.29, 0.717) is 5.75 Å². The third-order valence-electron chi connectivity index (χ3n) is 4.96.